The van der Waals surface area contributed by atoms with Gasteiger partial charge < -0.3 is 15.3 Å². The molecule has 0 radical (unpaired) electrons. The fraction of sp³-hybridized carbons (Fsp3) is 0.708. The zero-order valence-electron chi connectivity index (χ0n) is 17.5. The Labute approximate surface area is 171 Å². The molecule has 1 aliphatic carbocycles. The maximum Gasteiger partial charge on any atom is 0.303 e. The average molecular weight is 393 g/mol. The van der Waals surface area contributed by atoms with Crippen LogP contribution in [0.3, 0.4) is 0 Å². The minimum Gasteiger partial charge on any atom is -0.481 e. The molecular weight excluding hydrogens is 352 g/mol. The predicted molar refractivity (Wildman–Crippen MR) is 115 cm³/mol. The molecule has 0 heterocycles. The Balaban J connectivity index is 2.27. The van der Waals surface area contributed by atoms with Gasteiger partial charge in [-0.1, -0.05) is 62.6 Å². The molecule has 4 atom stereocenters. The van der Waals surface area contributed by atoms with Crippen molar-refractivity contribution in [2.45, 2.75) is 96.2 Å². The molecule has 0 spiro atoms. The first-order valence-electron chi connectivity index (χ1n) is 11.1. The molecule has 0 aromatic heterocycles. The number of aliphatic carboxylic acids is 1. The number of aliphatic hydroxyl groups excluding tert-OH is 2. The van der Waals surface area contributed by atoms with Gasteiger partial charge in [0.05, 0.1) is 12.2 Å². The Hall–Kier alpha value is -1.39. The Kier molecular flexibility index (Phi) is 13.7. The van der Waals surface area contributed by atoms with Gasteiger partial charge in [0.25, 0.3) is 0 Å². The van der Waals surface area contributed by atoms with Crippen molar-refractivity contribution >= 4 is 5.97 Å². The maximum atomic E-state index is 10.6. The topological polar surface area (TPSA) is 77.8 Å². The normalized spacial score (nSPS) is 23.0. The highest BCUT2D eigenvalue weighted by Gasteiger charge is 2.25. The number of aliphatic hydroxyl groups is 2. The predicted octanol–water partition coefficient (Wildman–Crippen LogP) is 5.41. The molecule has 1 saturated carbocycles. The third-order valence-electron chi connectivity index (χ3n) is 5.54. The van der Waals surface area contributed by atoms with Crippen molar-refractivity contribution in [1.82, 2.24) is 0 Å². The van der Waals surface area contributed by atoms with Gasteiger partial charge in [0.2, 0.25) is 0 Å². The number of carbonyl (C=O) groups is 1. The van der Waals surface area contributed by atoms with Crippen LogP contribution in [0.2, 0.25) is 0 Å². The zero-order valence-corrected chi connectivity index (χ0v) is 17.5. The van der Waals surface area contributed by atoms with Crippen LogP contribution < -0.4 is 0 Å². The van der Waals surface area contributed by atoms with Gasteiger partial charge in [0.1, 0.15) is 0 Å². The Morgan fingerprint density at radius 2 is 1.93 bits per heavy atom. The van der Waals surface area contributed by atoms with E-state index in [-0.39, 0.29) is 12.3 Å². The molecule has 28 heavy (non-hydrogen) atoms. The molecule has 160 valence electrons. The Bertz CT molecular complexity index is 495. The van der Waals surface area contributed by atoms with Crippen molar-refractivity contribution in [3.8, 4) is 0 Å². The first-order chi connectivity index (χ1) is 13.5. The van der Waals surface area contributed by atoms with Crippen molar-refractivity contribution in [2.24, 2.45) is 11.8 Å². The summed E-state index contributed by atoms with van der Waals surface area (Å²) in [5.41, 5.74) is 0. The first-order valence-corrected chi connectivity index (χ1v) is 11.1. The second kappa shape index (κ2) is 15.5. The standard InChI is InChI=1S/C24H40O4/c1-2-3-4-5-6-7-15-22(25)16-9-8-12-20-13-10-14-21(19-20)23(26)17-11-18-24(27)28/h6-9,12,16,20-23,25-26H,2-5,10-11,13-15,17-19H2,1H3,(H,27,28)/b7-6-,12-8+,16-9+. The van der Waals surface area contributed by atoms with Crippen molar-refractivity contribution in [3.05, 3.63) is 36.5 Å². The number of carboxylic acid groups (broad SMARTS) is 1. The van der Waals surface area contributed by atoms with Gasteiger partial charge >= 0.3 is 5.97 Å². The summed E-state index contributed by atoms with van der Waals surface area (Å²) in [6, 6.07) is 0. The fourth-order valence-electron chi connectivity index (χ4n) is 3.85. The summed E-state index contributed by atoms with van der Waals surface area (Å²) < 4.78 is 0. The molecule has 0 amide bonds. The number of unbranched alkanes of at least 4 members (excludes halogenated alkanes) is 3. The molecular formula is C24H40O4. The van der Waals surface area contributed by atoms with Gasteiger partial charge in [-0.15, -0.1) is 0 Å². The number of carboxylic acids is 1. The van der Waals surface area contributed by atoms with E-state index in [0.29, 0.717) is 25.2 Å². The smallest absolute Gasteiger partial charge is 0.303 e. The largest absolute Gasteiger partial charge is 0.481 e. The molecule has 4 unspecified atom stereocenters. The van der Waals surface area contributed by atoms with Gasteiger partial charge in [0, 0.05) is 6.42 Å². The maximum absolute atomic E-state index is 10.6. The number of hydrogen-bond donors (Lipinski definition) is 3. The van der Waals surface area contributed by atoms with Gasteiger partial charge in [-0.25, -0.2) is 0 Å². The quantitative estimate of drug-likeness (QED) is 0.210. The van der Waals surface area contributed by atoms with E-state index in [1.54, 1.807) is 0 Å². The number of allylic oxidation sites excluding steroid dienone is 4. The summed E-state index contributed by atoms with van der Waals surface area (Å²) in [6.45, 7) is 2.20. The molecule has 0 aromatic rings. The molecule has 4 heteroatoms. The van der Waals surface area contributed by atoms with E-state index < -0.39 is 18.2 Å². The van der Waals surface area contributed by atoms with E-state index in [9.17, 15) is 15.0 Å². The minimum absolute atomic E-state index is 0.133. The zero-order chi connectivity index (χ0) is 20.6. The van der Waals surface area contributed by atoms with Crippen molar-refractivity contribution in [2.75, 3.05) is 0 Å². The summed E-state index contributed by atoms with van der Waals surface area (Å²) in [5.74, 6) is -0.0737. The lowest BCUT2D eigenvalue weighted by atomic mass is 9.77. The number of hydrogen-bond acceptors (Lipinski definition) is 3. The summed E-state index contributed by atoms with van der Waals surface area (Å²) in [4.78, 5) is 10.6. The van der Waals surface area contributed by atoms with Crippen LogP contribution in [0.15, 0.2) is 36.5 Å². The van der Waals surface area contributed by atoms with Crippen LogP contribution in [-0.2, 0) is 4.79 Å². The van der Waals surface area contributed by atoms with E-state index in [4.69, 9.17) is 5.11 Å². The SMILES string of the molecule is CCCCC/C=C\CC(O)/C=C/C=C/C1CCCC(C(O)CCCC(=O)O)C1. The highest BCUT2D eigenvalue weighted by molar-refractivity contribution is 5.66. The molecule has 1 fully saturated rings. The Morgan fingerprint density at radius 1 is 1.11 bits per heavy atom. The molecule has 4 nitrogen and oxygen atoms in total. The van der Waals surface area contributed by atoms with Crippen molar-refractivity contribution in [1.29, 1.82) is 0 Å². The van der Waals surface area contributed by atoms with E-state index in [0.717, 1.165) is 32.1 Å². The highest BCUT2D eigenvalue weighted by atomic mass is 16.4. The van der Waals surface area contributed by atoms with E-state index >= 15 is 0 Å². The van der Waals surface area contributed by atoms with Crippen molar-refractivity contribution in [3.63, 3.8) is 0 Å². The van der Waals surface area contributed by atoms with E-state index in [1.807, 2.05) is 18.2 Å². The van der Waals surface area contributed by atoms with Gasteiger partial charge in [-0.05, 0) is 63.2 Å². The molecule has 0 saturated heterocycles. The average Bonchev–Trinajstić information content (AvgIpc) is 2.68. The highest BCUT2D eigenvalue weighted by Crippen LogP contribution is 2.33. The summed E-state index contributed by atoms with van der Waals surface area (Å²) in [7, 11) is 0. The molecule has 0 bridgehead atoms. The summed E-state index contributed by atoms with van der Waals surface area (Å²) in [6.07, 6.45) is 22.3. The van der Waals surface area contributed by atoms with Crippen LogP contribution in [0.4, 0.5) is 0 Å². The van der Waals surface area contributed by atoms with Gasteiger partial charge in [0.15, 0.2) is 0 Å². The molecule has 0 aromatic carbocycles. The Morgan fingerprint density at radius 3 is 2.68 bits per heavy atom. The lowest BCUT2D eigenvalue weighted by Gasteiger charge is -2.30. The summed E-state index contributed by atoms with van der Waals surface area (Å²) >= 11 is 0. The van der Waals surface area contributed by atoms with E-state index in [2.05, 4.69) is 25.2 Å². The van der Waals surface area contributed by atoms with Crippen molar-refractivity contribution < 1.29 is 20.1 Å². The fourth-order valence-corrected chi connectivity index (χ4v) is 3.85. The second-order valence-corrected chi connectivity index (χ2v) is 8.08. The van der Waals surface area contributed by atoms with E-state index in [1.165, 1.54) is 19.3 Å². The molecule has 1 rings (SSSR count). The molecule has 0 aliphatic heterocycles. The lowest BCUT2D eigenvalue weighted by Crippen LogP contribution is -2.26. The number of rotatable bonds is 14. The lowest BCUT2D eigenvalue weighted by molar-refractivity contribution is -0.137. The van der Waals surface area contributed by atoms with Crippen LogP contribution in [-0.4, -0.2) is 33.5 Å². The minimum atomic E-state index is -0.794. The van der Waals surface area contributed by atoms with Crippen LogP contribution in [0, 0.1) is 11.8 Å². The molecule has 1 aliphatic rings. The van der Waals surface area contributed by atoms with Crippen LogP contribution in [0.25, 0.3) is 0 Å². The summed E-state index contributed by atoms with van der Waals surface area (Å²) in [5, 5.41) is 29.0. The van der Waals surface area contributed by atoms with Crippen LogP contribution >= 0.6 is 0 Å². The monoisotopic (exact) mass is 392 g/mol. The van der Waals surface area contributed by atoms with Gasteiger partial charge in [-0.2, -0.15) is 0 Å². The van der Waals surface area contributed by atoms with Gasteiger partial charge in [-0.3, -0.25) is 4.79 Å². The van der Waals surface area contributed by atoms with Crippen LogP contribution in [0.5, 0.6) is 0 Å². The molecule has 3 N–H and O–H groups in total. The third-order valence-corrected chi connectivity index (χ3v) is 5.54. The second-order valence-electron chi connectivity index (χ2n) is 8.08. The third kappa shape index (κ3) is 12.1. The van der Waals surface area contributed by atoms with Crippen LogP contribution in [0.1, 0.15) is 84.0 Å². The first kappa shape index (κ1) is 24.6.